The molecule has 0 radical (unpaired) electrons. The first-order chi connectivity index (χ1) is 9.89. The quantitative estimate of drug-likeness (QED) is 0.643. The van der Waals surface area contributed by atoms with Gasteiger partial charge >= 0.3 is 0 Å². The number of rotatable bonds is 6. The number of aliphatic hydroxyl groups excluding tert-OH is 1. The molecule has 0 spiro atoms. The molecule has 0 bridgehead atoms. The number of sulfonamides is 1. The van der Waals surface area contributed by atoms with Crippen molar-refractivity contribution < 1.29 is 18.3 Å². The van der Waals surface area contributed by atoms with Crippen LogP contribution in [0.2, 0.25) is 0 Å². The van der Waals surface area contributed by atoms with Crippen molar-refractivity contribution in [3.63, 3.8) is 0 Å². The molecule has 3 N–H and O–H groups in total. The van der Waals surface area contributed by atoms with Crippen LogP contribution in [0.1, 0.15) is 26.5 Å². The highest BCUT2D eigenvalue weighted by molar-refractivity contribution is 7.89. The second kappa shape index (κ2) is 8.14. The Hall–Kier alpha value is -1.40. The average molecular weight is 330 g/mol. The Bertz CT molecular complexity index is 653. The maximum absolute atomic E-state index is 11.9. The van der Waals surface area contributed by atoms with Gasteiger partial charge in [-0.05, 0) is 25.6 Å². The number of nitrogens with one attached hydrogen (secondary N) is 2. The molecule has 116 valence electrons. The van der Waals surface area contributed by atoms with Gasteiger partial charge in [0.25, 0.3) is 5.91 Å². The zero-order valence-electron chi connectivity index (χ0n) is 11.9. The van der Waals surface area contributed by atoms with Crippen molar-refractivity contribution in [2.24, 2.45) is 0 Å². The SMILES string of the molecule is CNS(=O)(=O)CCNC(=O)c1cc(C)c(C#CCCO)s1. The fourth-order valence-corrected chi connectivity index (χ4v) is 2.94. The molecule has 0 atom stereocenters. The van der Waals surface area contributed by atoms with Crippen LogP contribution in [0.5, 0.6) is 0 Å². The molecule has 0 fully saturated rings. The summed E-state index contributed by atoms with van der Waals surface area (Å²) < 4.78 is 24.6. The zero-order valence-corrected chi connectivity index (χ0v) is 13.5. The molecule has 21 heavy (non-hydrogen) atoms. The van der Waals surface area contributed by atoms with Crippen molar-refractivity contribution in [2.75, 3.05) is 26.0 Å². The Balaban J connectivity index is 2.64. The molecular weight excluding hydrogens is 312 g/mol. The lowest BCUT2D eigenvalue weighted by molar-refractivity contribution is 0.0960. The number of thiophene rings is 1. The first-order valence-electron chi connectivity index (χ1n) is 6.29. The number of aryl methyl sites for hydroxylation is 1. The molecule has 0 aliphatic rings. The third kappa shape index (κ3) is 5.85. The van der Waals surface area contributed by atoms with Gasteiger partial charge in [-0.1, -0.05) is 11.8 Å². The van der Waals surface area contributed by atoms with E-state index in [1.54, 1.807) is 6.07 Å². The third-order valence-electron chi connectivity index (χ3n) is 2.55. The van der Waals surface area contributed by atoms with Crippen molar-refractivity contribution in [2.45, 2.75) is 13.3 Å². The summed E-state index contributed by atoms with van der Waals surface area (Å²) in [6.07, 6.45) is 0.390. The van der Waals surface area contributed by atoms with Crippen LogP contribution in [-0.2, 0) is 10.0 Å². The van der Waals surface area contributed by atoms with E-state index in [4.69, 9.17) is 5.11 Å². The van der Waals surface area contributed by atoms with Gasteiger partial charge in [-0.15, -0.1) is 11.3 Å². The monoisotopic (exact) mass is 330 g/mol. The van der Waals surface area contributed by atoms with Crippen molar-refractivity contribution >= 4 is 27.3 Å². The molecule has 0 unspecified atom stereocenters. The normalized spacial score (nSPS) is 10.8. The topological polar surface area (TPSA) is 95.5 Å². The number of hydrogen-bond donors (Lipinski definition) is 3. The van der Waals surface area contributed by atoms with Crippen molar-refractivity contribution in [3.8, 4) is 11.8 Å². The van der Waals surface area contributed by atoms with Gasteiger partial charge in [0.1, 0.15) is 0 Å². The van der Waals surface area contributed by atoms with E-state index in [0.717, 1.165) is 10.4 Å². The minimum Gasteiger partial charge on any atom is -0.395 e. The van der Waals surface area contributed by atoms with Gasteiger partial charge in [0.05, 0.1) is 22.1 Å². The van der Waals surface area contributed by atoms with E-state index in [1.165, 1.54) is 18.4 Å². The molecule has 6 nitrogen and oxygen atoms in total. The number of amides is 1. The van der Waals surface area contributed by atoms with Crippen LogP contribution in [0, 0.1) is 18.8 Å². The van der Waals surface area contributed by atoms with Gasteiger partial charge in [-0.3, -0.25) is 4.79 Å². The maximum atomic E-state index is 11.9. The fourth-order valence-electron chi connectivity index (χ4n) is 1.40. The van der Waals surface area contributed by atoms with Crippen LogP contribution in [0.3, 0.4) is 0 Å². The summed E-state index contributed by atoms with van der Waals surface area (Å²) in [5.41, 5.74) is 0.887. The largest absolute Gasteiger partial charge is 0.395 e. The second-order valence-electron chi connectivity index (χ2n) is 4.18. The van der Waals surface area contributed by atoms with Crippen LogP contribution in [-0.4, -0.2) is 45.4 Å². The van der Waals surface area contributed by atoms with E-state index < -0.39 is 10.0 Å². The minimum absolute atomic E-state index is 0.00467. The molecule has 0 saturated heterocycles. The summed E-state index contributed by atoms with van der Waals surface area (Å²) in [7, 11) is -1.99. The van der Waals surface area contributed by atoms with Crippen molar-refractivity contribution in [1.29, 1.82) is 0 Å². The lowest BCUT2D eigenvalue weighted by Crippen LogP contribution is -2.32. The second-order valence-corrected chi connectivity index (χ2v) is 7.28. The molecule has 1 heterocycles. The summed E-state index contributed by atoms with van der Waals surface area (Å²) in [5, 5.41) is 11.2. The third-order valence-corrected chi connectivity index (χ3v) is 5.06. The molecule has 1 aromatic rings. The van der Waals surface area contributed by atoms with E-state index >= 15 is 0 Å². The zero-order chi connectivity index (χ0) is 15.9. The molecule has 0 saturated carbocycles. The van der Waals surface area contributed by atoms with Gasteiger partial charge in [0.2, 0.25) is 10.0 Å². The Morgan fingerprint density at radius 3 is 2.81 bits per heavy atom. The highest BCUT2D eigenvalue weighted by atomic mass is 32.2. The van der Waals surface area contributed by atoms with Crippen LogP contribution in [0.4, 0.5) is 0 Å². The Morgan fingerprint density at radius 1 is 1.48 bits per heavy atom. The molecule has 0 aliphatic carbocycles. The first-order valence-corrected chi connectivity index (χ1v) is 8.76. The molecule has 1 rings (SSSR count). The van der Waals surface area contributed by atoms with Crippen LogP contribution >= 0.6 is 11.3 Å². The standard InChI is InChI=1S/C13H18N2O4S2/c1-10-9-12(20-11(10)5-3-4-7-16)13(17)15-6-8-21(18,19)14-2/h9,14,16H,4,6-8H2,1-2H3,(H,15,17). The number of aliphatic hydroxyl groups is 1. The number of carbonyl (C=O) groups is 1. The van der Waals surface area contributed by atoms with Crippen LogP contribution in [0.15, 0.2) is 6.07 Å². The molecule has 0 aliphatic heterocycles. The molecule has 8 heteroatoms. The fraction of sp³-hybridized carbons (Fsp3) is 0.462. The molecule has 1 aromatic heterocycles. The van der Waals surface area contributed by atoms with Crippen molar-refractivity contribution in [1.82, 2.24) is 10.0 Å². The Kier molecular flexibility index (Phi) is 6.84. The summed E-state index contributed by atoms with van der Waals surface area (Å²) >= 11 is 1.25. The first kappa shape index (κ1) is 17.7. The van der Waals surface area contributed by atoms with E-state index in [9.17, 15) is 13.2 Å². The van der Waals surface area contributed by atoms with Crippen LogP contribution in [0.25, 0.3) is 0 Å². The van der Waals surface area contributed by atoms with Gasteiger partial charge in [0.15, 0.2) is 0 Å². The van der Waals surface area contributed by atoms with Gasteiger partial charge < -0.3 is 10.4 Å². The van der Waals surface area contributed by atoms with E-state index in [1.807, 2.05) is 6.92 Å². The van der Waals surface area contributed by atoms with Crippen LogP contribution < -0.4 is 10.0 Å². The van der Waals surface area contributed by atoms with E-state index in [2.05, 4.69) is 21.9 Å². The lowest BCUT2D eigenvalue weighted by Gasteiger charge is -2.03. The smallest absolute Gasteiger partial charge is 0.261 e. The Morgan fingerprint density at radius 2 is 2.19 bits per heavy atom. The summed E-state index contributed by atoms with van der Waals surface area (Å²) in [6.45, 7) is 1.90. The van der Waals surface area contributed by atoms with Gasteiger partial charge in [0, 0.05) is 13.0 Å². The number of carbonyl (C=O) groups excluding carboxylic acids is 1. The van der Waals surface area contributed by atoms with E-state index in [-0.39, 0.29) is 24.8 Å². The molecular formula is C13H18N2O4S2. The summed E-state index contributed by atoms with van der Waals surface area (Å²) in [5.74, 6) is 5.23. The molecule has 0 aromatic carbocycles. The highest BCUT2D eigenvalue weighted by Crippen LogP contribution is 2.20. The Labute approximate surface area is 128 Å². The molecule has 1 amide bonds. The highest BCUT2D eigenvalue weighted by Gasteiger charge is 2.13. The summed E-state index contributed by atoms with van der Waals surface area (Å²) in [4.78, 5) is 13.2. The predicted octanol–water partition coefficient (Wildman–Crippen LogP) is 0.0694. The van der Waals surface area contributed by atoms with Gasteiger partial charge in [-0.25, -0.2) is 13.1 Å². The van der Waals surface area contributed by atoms with Crippen molar-refractivity contribution in [3.05, 3.63) is 21.4 Å². The van der Waals surface area contributed by atoms with Gasteiger partial charge in [-0.2, -0.15) is 0 Å². The maximum Gasteiger partial charge on any atom is 0.261 e. The number of hydrogen-bond acceptors (Lipinski definition) is 5. The summed E-state index contributed by atoms with van der Waals surface area (Å²) in [6, 6.07) is 1.72. The predicted molar refractivity (Wildman–Crippen MR) is 82.8 cm³/mol. The average Bonchev–Trinajstić information content (AvgIpc) is 2.80. The lowest BCUT2D eigenvalue weighted by atomic mass is 10.2. The van der Waals surface area contributed by atoms with E-state index in [0.29, 0.717) is 11.3 Å². The minimum atomic E-state index is -3.32.